The summed E-state index contributed by atoms with van der Waals surface area (Å²) in [5, 5.41) is 0. The Bertz CT molecular complexity index is 740. The molecule has 3 saturated carbocycles. The van der Waals surface area contributed by atoms with Gasteiger partial charge in [0.25, 0.3) is 0 Å². The first-order valence-corrected chi connectivity index (χ1v) is 10.0. The Morgan fingerprint density at radius 3 is 2.54 bits per heavy atom. The third-order valence-electron chi connectivity index (χ3n) is 8.61. The van der Waals surface area contributed by atoms with E-state index in [0.717, 1.165) is 18.4 Å². The number of Topliss-reactive ketones (excluding diaryl/α,β-unsaturated/α-hetero) is 2. The van der Waals surface area contributed by atoms with Crippen molar-refractivity contribution >= 4 is 17.3 Å². The van der Waals surface area contributed by atoms with E-state index in [4.69, 9.17) is 0 Å². The molecule has 4 aliphatic rings. The first-order valence-electron chi connectivity index (χ1n) is 10.0. The van der Waals surface area contributed by atoms with Gasteiger partial charge in [0.15, 0.2) is 17.2 Å². The lowest BCUT2D eigenvalue weighted by Gasteiger charge is -2.61. The van der Waals surface area contributed by atoms with Crippen LogP contribution in [0.5, 0.6) is 0 Å². The summed E-state index contributed by atoms with van der Waals surface area (Å²) >= 11 is 0. The van der Waals surface area contributed by atoms with E-state index in [1.165, 1.54) is 0 Å². The molecule has 7 atom stereocenters. The SMILES string of the molecule is CC(=O)[C@H]1CC[C@H]2[C@@H]3CC(C)C4=CC(=O)CC[C@]4(C)[C@@]3(F)C(=O)C[C@]12C. The Morgan fingerprint density at radius 1 is 1.19 bits per heavy atom. The summed E-state index contributed by atoms with van der Waals surface area (Å²) in [6.45, 7) is 7.58. The minimum atomic E-state index is -1.90. The zero-order chi connectivity index (χ0) is 19.1. The second-order valence-electron chi connectivity index (χ2n) is 9.81. The van der Waals surface area contributed by atoms with Gasteiger partial charge in [-0.25, -0.2) is 4.39 Å². The van der Waals surface area contributed by atoms with Gasteiger partial charge in [0.2, 0.25) is 0 Å². The van der Waals surface area contributed by atoms with Crippen molar-refractivity contribution in [1.29, 1.82) is 0 Å². The Hall–Kier alpha value is -1.32. The molecule has 4 aliphatic carbocycles. The first kappa shape index (κ1) is 18.1. The molecule has 1 unspecified atom stereocenters. The highest BCUT2D eigenvalue weighted by molar-refractivity contribution is 5.96. The average Bonchev–Trinajstić information content (AvgIpc) is 2.89. The van der Waals surface area contributed by atoms with Crippen molar-refractivity contribution in [2.75, 3.05) is 0 Å². The van der Waals surface area contributed by atoms with Crippen LogP contribution in [0.2, 0.25) is 0 Å². The van der Waals surface area contributed by atoms with Crippen LogP contribution in [0.4, 0.5) is 4.39 Å². The molecule has 0 amide bonds. The maximum absolute atomic E-state index is 16.8. The van der Waals surface area contributed by atoms with Crippen molar-refractivity contribution in [2.45, 2.75) is 71.9 Å². The molecule has 0 heterocycles. The molecule has 0 aromatic heterocycles. The van der Waals surface area contributed by atoms with Gasteiger partial charge in [0.05, 0.1) is 0 Å². The van der Waals surface area contributed by atoms with Crippen LogP contribution >= 0.6 is 0 Å². The summed E-state index contributed by atoms with van der Waals surface area (Å²) in [4.78, 5) is 37.5. The average molecular weight is 360 g/mol. The topological polar surface area (TPSA) is 51.2 Å². The fourth-order valence-corrected chi connectivity index (χ4v) is 7.36. The van der Waals surface area contributed by atoms with Crippen molar-refractivity contribution < 1.29 is 18.8 Å². The van der Waals surface area contributed by atoms with Gasteiger partial charge >= 0.3 is 0 Å². The molecule has 0 radical (unpaired) electrons. The molecule has 0 aliphatic heterocycles. The maximum Gasteiger partial charge on any atom is 0.180 e. The molecule has 142 valence electrons. The van der Waals surface area contributed by atoms with Gasteiger partial charge in [-0.05, 0) is 55.9 Å². The van der Waals surface area contributed by atoms with Crippen LogP contribution in [0.25, 0.3) is 0 Å². The number of rotatable bonds is 1. The third-order valence-corrected chi connectivity index (χ3v) is 8.61. The van der Waals surface area contributed by atoms with E-state index < -0.39 is 16.5 Å². The van der Waals surface area contributed by atoms with Crippen molar-refractivity contribution in [3.8, 4) is 0 Å². The van der Waals surface area contributed by atoms with Gasteiger partial charge in [-0.15, -0.1) is 0 Å². The Kier molecular flexibility index (Phi) is 3.72. The Labute approximate surface area is 154 Å². The third kappa shape index (κ3) is 1.96. The highest BCUT2D eigenvalue weighted by atomic mass is 19.1. The van der Waals surface area contributed by atoms with Crippen LogP contribution in [0.1, 0.15) is 66.2 Å². The van der Waals surface area contributed by atoms with E-state index in [1.807, 2.05) is 13.8 Å². The quantitative estimate of drug-likeness (QED) is 0.703. The van der Waals surface area contributed by atoms with Gasteiger partial charge in [-0.3, -0.25) is 14.4 Å². The Morgan fingerprint density at radius 2 is 1.88 bits per heavy atom. The predicted octanol–water partition coefficient (Wildman–Crippen LogP) is 4.24. The van der Waals surface area contributed by atoms with Gasteiger partial charge in [-0.2, -0.15) is 0 Å². The van der Waals surface area contributed by atoms with Crippen LogP contribution in [0.15, 0.2) is 11.6 Å². The molecular formula is C22H29FO3. The first-order chi connectivity index (χ1) is 12.1. The second-order valence-corrected chi connectivity index (χ2v) is 9.81. The molecular weight excluding hydrogens is 331 g/mol. The van der Waals surface area contributed by atoms with Crippen molar-refractivity contribution in [3.05, 3.63) is 11.6 Å². The van der Waals surface area contributed by atoms with Crippen molar-refractivity contribution in [2.24, 2.45) is 34.5 Å². The summed E-state index contributed by atoms with van der Waals surface area (Å²) in [6.07, 6.45) is 4.70. The fraction of sp³-hybridized carbons (Fsp3) is 0.773. The van der Waals surface area contributed by atoms with Crippen LogP contribution in [0, 0.1) is 34.5 Å². The number of ketones is 3. The van der Waals surface area contributed by atoms with Gasteiger partial charge < -0.3 is 0 Å². The fourth-order valence-electron chi connectivity index (χ4n) is 7.36. The van der Waals surface area contributed by atoms with Gasteiger partial charge in [-0.1, -0.05) is 26.3 Å². The van der Waals surface area contributed by atoms with E-state index in [0.29, 0.717) is 19.3 Å². The lowest BCUT2D eigenvalue weighted by Crippen LogP contribution is -2.66. The highest BCUT2D eigenvalue weighted by Gasteiger charge is 2.72. The number of fused-ring (bicyclic) bond motifs is 5. The molecule has 0 spiro atoms. The zero-order valence-corrected chi connectivity index (χ0v) is 16.2. The number of carbonyl (C=O) groups is 3. The van der Waals surface area contributed by atoms with Gasteiger partial charge in [0, 0.05) is 30.1 Å². The Balaban J connectivity index is 1.84. The molecule has 0 aromatic carbocycles. The molecule has 0 N–H and O–H groups in total. The van der Waals surface area contributed by atoms with E-state index in [1.54, 1.807) is 13.0 Å². The standard InChI is InChI=1S/C22H29FO3/c1-12-9-18-16-6-5-15(13(2)24)20(16,3)11-19(26)22(18,23)21(4)8-7-14(25)10-17(12)21/h10,12,15-16,18H,5-9,11H2,1-4H3/t12?,15-,16+,18+,20-,21+,22+/m1/s1. The lowest BCUT2D eigenvalue weighted by molar-refractivity contribution is -0.176. The summed E-state index contributed by atoms with van der Waals surface area (Å²) in [7, 11) is 0. The summed E-state index contributed by atoms with van der Waals surface area (Å²) in [5.41, 5.74) is -2.35. The van der Waals surface area contributed by atoms with Crippen LogP contribution in [-0.4, -0.2) is 23.0 Å². The van der Waals surface area contributed by atoms with Crippen LogP contribution in [-0.2, 0) is 14.4 Å². The predicted molar refractivity (Wildman–Crippen MR) is 96.2 cm³/mol. The normalized spacial score (nSPS) is 50.6. The van der Waals surface area contributed by atoms with Gasteiger partial charge in [0.1, 0.15) is 5.78 Å². The number of alkyl halides is 1. The lowest BCUT2D eigenvalue weighted by atomic mass is 9.43. The molecule has 3 nitrogen and oxygen atoms in total. The molecule has 4 rings (SSSR count). The number of hydrogen-bond donors (Lipinski definition) is 0. The number of carbonyl (C=O) groups excluding carboxylic acids is 3. The molecule has 0 saturated heterocycles. The van der Waals surface area contributed by atoms with Crippen LogP contribution in [0.3, 0.4) is 0 Å². The van der Waals surface area contributed by atoms with E-state index in [-0.39, 0.29) is 47.4 Å². The number of allylic oxidation sites excluding steroid dienone is 1. The summed E-state index contributed by atoms with van der Waals surface area (Å²) in [5.74, 6) is -0.450. The minimum absolute atomic E-state index is 0.0528. The van der Waals surface area contributed by atoms with E-state index in [9.17, 15) is 14.4 Å². The molecule has 4 heteroatoms. The molecule has 26 heavy (non-hydrogen) atoms. The zero-order valence-electron chi connectivity index (χ0n) is 16.2. The number of halogens is 1. The molecule has 0 bridgehead atoms. The van der Waals surface area contributed by atoms with Crippen molar-refractivity contribution in [3.63, 3.8) is 0 Å². The largest absolute Gasteiger partial charge is 0.300 e. The highest BCUT2D eigenvalue weighted by Crippen LogP contribution is 2.69. The van der Waals surface area contributed by atoms with Crippen molar-refractivity contribution in [1.82, 2.24) is 0 Å². The molecule has 0 aromatic rings. The molecule has 3 fully saturated rings. The van der Waals surface area contributed by atoms with Crippen LogP contribution < -0.4 is 0 Å². The van der Waals surface area contributed by atoms with E-state index >= 15 is 4.39 Å². The summed E-state index contributed by atoms with van der Waals surface area (Å²) in [6, 6.07) is 0. The second kappa shape index (κ2) is 5.36. The number of hydrogen-bond acceptors (Lipinski definition) is 3. The minimum Gasteiger partial charge on any atom is -0.300 e. The maximum atomic E-state index is 16.8. The monoisotopic (exact) mass is 360 g/mol. The smallest absolute Gasteiger partial charge is 0.180 e. The van der Waals surface area contributed by atoms with E-state index in [2.05, 4.69) is 6.92 Å². The summed E-state index contributed by atoms with van der Waals surface area (Å²) < 4.78 is 16.8.